The van der Waals surface area contributed by atoms with Crippen LogP contribution in [0.2, 0.25) is 0 Å². The third-order valence-corrected chi connectivity index (χ3v) is 4.23. The number of aryl methyl sites for hydroxylation is 1. The van der Waals surface area contributed by atoms with Crippen LogP contribution in [0.25, 0.3) is 0 Å². The molecule has 1 aromatic carbocycles. The molecule has 0 aliphatic carbocycles. The first-order valence-corrected chi connectivity index (χ1v) is 8.34. The van der Waals surface area contributed by atoms with Gasteiger partial charge < -0.3 is 19.9 Å². The number of hydrogen-bond acceptors (Lipinski definition) is 4. The van der Waals surface area contributed by atoms with E-state index in [1.807, 2.05) is 29.7 Å². The number of rotatable bonds is 5. The monoisotopic (exact) mass is 329 g/mol. The molecule has 1 aromatic heterocycles. The molecule has 2 aromatic rings. The second kappa shape index (κ2) is 7.92. The van der Waals surface area contributed by atoms with Gasteiger partial charge in [0.25, 0.3) is 0 Å². The summed E-state index contributed by atoms with van der Waals surface area (Å²) in [4.78, 5) is 12.1. The van der Waals surface area contributed by atoms with Gasteiger partial charge >= 0.3 is 6.03 Å². The van der Waals surface area contributed by atoms with E-state index in [2.05, 4.69) is 33.0 Å². The van der Waals surface area contributed by atoms with E-state index >= 15 is 0 Å². The molecule has 2 N–H and O–H groups in total. The van der Waals surface area contributed by atoms with Crippen LogP contribution in [0, 0.1) is 0 Å². The molecule has 128 valence electrons. The Morgan fingerprint density at radius 2 is 2.21 bits per heavy atom. The second-order valence-corrected chi connectivity index (χ2v) is 5.85. The van der Waals surface area contributed by atoms with Gasteiger partial charge in [-0.15, -0.1) is 10.2 Å². The first kappa shape index (κ1) is 16.4. The van der Waals surface area contributed by atoms with Gasteiger partial charge in [0.2, 0.25) is 0 Å². The molecule has 7 heteroatoms. The normalized spacial score (nSPS) is 20.5. The van der Waals surface area contributed by atoms with Crippen molar-refractivity contribution in [1.29, 1.82) is 0 Å². The maximum absolute atomic E-state index is 12.1. The van der Waals surface area contributed by atoms with Crippen LogP contribution in [0.5, 0.6) is 0 Å². The number of aromatic nitrogens is 3. The minimum atomic E-state index is -0.181. The van der Waals surface area contributed by atoms with Gasteiger partial charge in [-0.25, -0.2) is 4.79 Å². The topological polar surface area (TPSA) is 81.1 Å². The largest absolute Gasteiger partial charge is 0.373 e. The van der Waals surface area contributed by atoms with Crippen LogP contribution in [0.1, 0.15) is 37.3 Å². The van der Waals surface area contributed by atoms with Crippen molar-refractivity contribution in [2.75, 3.05) is 6.61 Å². The summed E-state index contributed by atoms with van der Waals surface area (Å²) in [6.07, 6.45) is 3.30. The van der Waals surface area contributed by atoms with Crippen LogP contribution in [0.3, 0.4) is 0 Å². The van der Waals surface area contributed by atoms with E-state index in [0.29, 0.717) is 13.2 Å². The van der Waals surface area contributed by atoms with Crippen LogP contribution >= 0.6 is 0 Å². The van der Waals surface area contributed by atoms with Crippen molar-refractivity contribution in [2.45, 2.75) is 45.0 Å². The summed E-state index contributed by atoms with van der Waals surface area (Å²) in [5.41, 5.74) is 1.15. The number of urea groups is 1. The Kier molecular flexibility index (Phi) is 5.43. The quantitative estimate of drug-likeness (QED) is 0.879. The Hall–Kier alpha value is -2.41. The molecular formula is C17H23N5O2. The van der Waals surface area contributed by atoms with Gasteiger partial charge in [0.15, 0.2) is 5.82 Å². The maximum atomic E-state index is 12.1. The fourth-order valence-electron chi connectivity index (χ4n) is 2.90. The molecule has 0 spiro atoms. The number of carbonyl (C=O) groups excluding carboxylic acids is 1. The fourth-order valence-corrected chi connectivity index (χ4v) is 2.90. The molecule has 24 heavy (non-hydrogen) atoms. The Labute approximate surface area is 141 Å². The minimum Gasteiger partial charge on any atom is -0.373 e. The smallest absolute Gasteiger partial charge is 0.315 e. The zero-order valence-corrected chi connectivity index (χ0v) is 13.8. The van der Waals surface area contributed by atoms with E-state index in [-0.39, 0.29) is 18.2 Å². The molecule has 1 fully saturated rings. The highest BCUT2D eigenvalue weighted by atomic mass is 16.5. The Morgan fingerprint density at radius 3 is 3.00 bits per heavy atom. The summed E-state index contributed by atoms with van der Waals surface area (Å²) in [5.74, 6) is 0.752. The highest BCUT2D eigenvalue weighted by Gasteiger charge is 2.25. The van der Waals surface area contributed by atoms with Crippen molar-refractivity contribution in [2.24, 2.45) is 0 Å². The molecule has 0 radical (unpaired) electrons. The average molecular weight is 329 g/mol. The zero-order chi connectivity index (χ0) is 16.8. The highest BCUT2D eigenvalue weighted by molar-refractivity contribution is 5.74. The van der Waals surface area contributed by atoms with E-state index in [4.69, 9.17) is 4.74 Å². The molecule has 1 aliphatic rings. The molecule has 0 saturated carbocycles. The van der Waals surface area contributed by atoms with Crippen LogP contribution in [-0.4, -0.2) is 33.4 Å². The van der Waals surface area contributed by atoms with Crippen LogP contribution in [0.15, 0.2) is 36.7 Å². The van der Waals surface area contributed by atoms with Crippen molar-refractivity contribution in [3.63, 3.8) is 0 Å². The molecule has 0 bridgehead atoms. The number of carbonyl (C=O) groups is 1. The van der Waals surface area contributed by atoms with Gasteiger partial charge in [-0.2, -0.15) is 0 Å². The van der Waals surface area contributed by atoms with E-state index in [1.54, 1.807) is 6.33 Å². The molecule has 1 aliphatic heterocycles. The zero-order valence-electron chi connectivity index (χ0n) is 13.8. The van der Waals surface area contributed by atoms with Gasteiger partial charge in [-0.3, -0.25) is 0 Å². The van der Waals surface area contributed by atoms with E-state index in [0.717, 1.165) is 30.8 Å². The summed E-state index contributed by atoms with van der Waals surface area (Å²) in [6.45, 7) is 3.81. The predicted molar refractivity (Wildman–Crippen MR) is 89.2 cm³/mol. The third-order valence-electron chi connectivity index (χ3n) is 4.23. The summed E-state index contributed by atoms with van der Waals surface area (Å²) >= 11 is 0. The van der Waals surface area contributed by atoms with E-state index in [9.17, 15) is 4.79 Å². The summed E-state index contributed by atoms with van der Waals surface area (Å²) < 4.78 is 7.73. The number of nitrogens with one attached hydrogen (secondary N) is 2. The van der Waals surface area contributed by atoms with Gasteiger partial charge in [0.05, 0.1) is 12.6 Å². The Bertz CT molecular complexity index is 658. The van der Waals surface area contributed by atoms with Crippen molar-refractivity contribution < 1.29 is 9.53 Å². The molecule has 2 heterocycles. The minimum absolute atomic E-state index is 0.0356. The van der Waals surface area contributed by atoms with Crippen molar-refractivity contribution in [3.8, 4) is 0 Å². The molecule has 2 atom stereocenters. The fraction of sp³-hybridized carbons (Fsp3) is 0.471. The lowest BCUT2D eigenvalue weighted by molar-refractivity contribution is 0.00225. The predicted octanol–water partition coefficient (Wildman–Crippen LogP) is 2.02. The average Bonchev–Trinajstić information content (AvgIpc) is 3.08. The van der Waals surface area contributed by atoms with Crippen molar-refractivity contribution in [1.82, 2.24) is 25.4 Å². The Balaban J connectivity index is 1.49. The van der Waals surface area contributed by atoms with E-state index < -0.39 is 0 Å². The Morgan fingerprint density at radius 1 is 1.38 bits per heavy atom. The highest BCUT2D eigenvalue weighted by Crippen LogP contribution is 2.27. The lowest BCUT2D eigenvalue weighted by Gasteiger charge is -2.30. The molecular weight excluding hydrogens is 306 g/mol. The number of hydrogen-bond donors (Lipinski definition) is 2. The van der Waals surface area contributed by atoms with Gasteiger partial charge in [-0.1, -0.05) is 30.3 Å². The SMILES string of the molecule is CCn1cnnc1CNC(=O)N[C@H]1CCO[C@@H](c2ccccc2)C1. The molecule has 2 amide bonds. The van der Waals surface area contributed by atoms with Crippen molar-refractivity contribution in [3.05, 3.63) is 48.0 Å². The first-order valence-electron chi connectivity index (χ1n) is 8.34. The molecule has 1 saturated heterocycles. The number of benzene rings is 1. The van der Waals surface area contributed by atoms with Crippen LogP contribution < -0.4 is 10.6 Å². The summed E-state index contributed by atoms with van der Waals surface area (Å²) in [7, 11) is 0. The second-order valence-electron chi connectivity index (χ2n) is 5.85. The maximum Gasteiger partial charge on any atom is 0.315 e. The summed E-state index contributed by atoms with van der Waals surface area (Å²) in [5, 5.41) is 13.7. The van der Waals surface area contributed by atoms with E-state index in [1.165, 1.54) is 0 Å². The number of nitrogens with zero attached hydrogens (tertiary/aromatic N) is 3. The van der Waals surface area contributed by atoms with Gasteiger partial charge in [0.1, 0.15) is 6.33 Å². The lowest BCUT2D eigenvalue weighted by atomic mass is 9.97. The van der Waals surface area contributed by atoms with Gasteiger partial charge in [0, 0.05) is 19.2 Å². The third kappa shape index (κ3) is 4.11. The lowest BCUT2D eigenvalue weighted by Crippen LogP contribution is -2.45. The number of ether oxygens (including phenoxy) is 1. The number of amides is 2. The van der Waals surface area contributed by atoms with Gasteiger partial charge in [-0.05, 0) is 25.3 Å². The van der Waals surface area contributed by atoms with Crippen LogP contribution in [0.4, 0.5) is 4.79 Å². The van der Waals surface area contributed by atoms with Crippen LogP contribution in [-0.2, 0) is 17.8 Å². The molecule has 3 rings (SSSR count). The van der Waals surface area contributed by atoms with Crippen molar-refractivity contribution >= 4 is 6.03 Å². The first-order chi connectivity index (χ1) is 11.8. The standard InChI is InChI=1S/C17H23N5O2/c1-2-22-12-19-21-16(22)11-18-17(23)20-14-8-9-24-15(10-14)13-6-4-3-5-7-13/h3-7,12,14-15H,2,8-11H2,1H3,(H2,18,20,23)/t14-,15+/m0/s1. The molecule has 0 unspecified atom stereocenters. The molecule has 7 nitrogen and oxygen atoms in total. The summed E-state index contributed by atoms with van der Waals surface area (Å²) in [6, 6.07) is 10.0.